The molecule has 14 heavy (non-hydrogen) atoms. The van der Waals surface area contributed by atoms with E-state index in [0.29, 0.717) is 6.17 Å². The molecule has 76 valence electrons. The first kappa shape index (κ1) is 9.89. The Morgan fingerprint density at radius 1 is 1.50 bits per heavy atom. The minimum Gasteiger partial charge on any atom is -0.482 e. The van der Waals surface area contributed by atoms with Gasteiger partial charge in [0.05, 0.1) is 12.8 Å². The van der Waals surface area contributed by atoms with Crippen molar-refractivity contribution < 1.29 is 4.74 Å². The molecule has 0 aliphatic carbocycles. The molecule has 0 aromatic carbocycles. The molecule has 0 amide bonds. The first-order valence-corrected chi connectivity index (χ1v) is 5.59. The molecule has 0 aromatic heterocycles. The van der Waals surface area contributed by atoms with Crippen molar-refractivity contribution in [1.29, 1.82) is 0 Å². The Morgan fingerprint density at radius 2 is 2.21 bits per heavy atom. The highest BCUT2D eigenvalue weighted by Gasteiger charge is 2.34. The molecule has 2 aliphatic rings. The smallest absolute Gasteiger partial charge is 0.195 e. The Balaban J connectivity index is 2.43. The van der Waals surface area contributed by atoms with Gasteiger partial charge in [-0.1, -0.05) is 6.08 Å². The van der Waals surface area contributed by atoms with Crippen LogP contribution in [-0.4, -0.2) is 30.1 Å². The Labute approximate surface area is 97.8 Å². The van der Waals surface area contributed by atoms with Crippen LogP contribution in [0.5, 0.6) is 0 Å². The number of methoxy groups -OCH3 is 1. The van der Waals surface area contributed by atoms with Crippen molar-refractivity contribution in [3.05, 3.63) is 33.5 Å². The molecule has 0 fully saturated rings. The number of rotatable bonds is 1. The molecule has 0 aromatic rings. The van der Waals surface area contributed by atoms with E-state index >= 15 is 0 Å². The lowest BCUT2D eigenvalue weighted by atomic mass is 10.3. The topological polar surface area (TPSA) is 15.7 Å². The minimum atomic E-state index is 0.327. The lowest BCUT2D eigenvalue weighted by Crippen LogP contribution is -2.35. The van der Waals surface area contributed by atoms with Gasteiger partial charge in [0.2, 0.25) is 0 Å². The van der Waals surface area contributed by atoms with E-state index in [1.165, 1.54) is 9.40 Å². The van der Waals surface area contributed by atoms with Gasteiger partial charge in [0.1, 0.15) is 9.87 Å². The van der Waals surface area contributed by atoms with Gasteiger partial charge < -0.3 is 9.64 Å². The summed E-state index contributed by atoms with van der Waals surface area (Å²) in [7, 11) is 3.80. The zero-order valence-electron chi connectivity index (χ0n) is 8.49. The maximum Gasteiger partial charge on any atom is 0.195 e. The average Bonchev–Trinajstić information content (AvgIpc) is 2.44. The summed E-state index contributed by atoms with van der Waals surface area (Å²) in [5, 5.41) is 0. The van der Waals surface area contributed by atoms with Crippen LogP contribution >= 0.6 is 22.6 Å². The van der Waals surface area contributed by atoms with Crippen LogP contribution in [0.15, 0.2) is 33.5 Å². The van der Waals surface area contributed by atoms with Gasteiger partial charge in [-0.2, -0.15) is 0 Å². The van der Waals surface area contributed by atoms with E-state index in [9.17, 15) is 0 Å². The zero-order valence-corrected chi connectivity index (χ0v) is 10.6. The third-order valence-corrected chi connectivity index (χ3v) is 3.97. The highest BCUT2D eigenvalue weighted by Crippen LogP contribution is 2.37. The molecular weight excluding hydrogens is 291 g/mol. The molecule has 0 saturated carbocycles. The summed E-state index contributed by atoms with van der Waals surface area (Å²) >= 11 is 2.36. The predicted octanol–water partition coefficient (Wildman–Crippen LogP) is 2.24. The highest BCUT2D eigenvalue weighted by molar-refractivity contribution is 14.1. The first-order chi connectivity index (χ1) is 6.66. The van der Waals surface area contributed by atoms with E-state index < -0.39 is 0 Å². The van der Waals surface area contributed by atoms with Crippen LogP contribution in [0.25, 0.3) is 0 Å². The molecule has 2 aliphatic heterocycles. The van der Waals surface area contributed by atoms with Crippen molar-refractivity contribution in [2.45, 2.75) is 13.1 Å². The van der Waals surface area contributed by atoms with Crippen molar-refractivity contribution in [2.75, 3.05) is 14.2 Å². The number of hydrogen-bond acceptors (Lipinski definition) is 3. The molecule has 0 saturated heterocycles. The Morgan fingerprint density at radius 3 is 2.86 bits per heavy atom. The van der Waals surface area contributed by atoms with E-state index in [2.05, 4.69) is 52.4 Å². The number of allylic oxidation sites excluding steroid dienone is 3. The van der Waals surface area contributed by atoms with Gasteiger partial charge in [-0.25, -0.2) is 0 Å². The predicted molar refractivity (Wildman–Crippen MR) is 64.3 cm³/mol. The number of hydrogen-bond donors (Lipinski definition) is 0. The molecule has 2 heterocycles. The van der Waals surface area contributed by atoms with Crippen LogP contribution in [0.3, 0.4) is 0 Å². The fourth-order valence-corrected chi connectivity index (χ4v) is 2.58. The fourth-order valence-electron chi connectivity index (χ4n) is 1.74. The van der Waals surface area contributed by atoms with Crippen LogP contribution < -0.4 is 0 Å². The van der Waals surface area contributed by atoms with Crippen LogP contribution in [-0.2, 0) is 4.74 Å². The van der Waals surface area contributed by atoms with E-state index in [4.69, 9.17) is 4.74 Å². The average molecular weight is 304 g/mol. The van der Waals surface area contributed by atoms with Gasteiger partial charge in [0.15, 0.2) is 5.88 Å². The molecule has 0 unspecified atom stereocenters. The lowest BCUT2D eigenvalue weighted by Gasteiger charge is -2.30. The minimum absolute atomic E-state index is 0.327. The van der Waals surface area contributed by atoms with Crippen LogP contribution in [0, 0.1) is 0 Å². The first-order valence-electron chi connectivity index (χ1n) is 4.51. The SMILES string of the molecule is COC1=CC=CC2=C(I)N(C)[C@@H](C)N12. The van der Waals surface area contributed by atoms with E-state index in [0.717, 1.165) is 5.88 Å². The normalized spacial score (nSPS) is 25.4. The molecule has 2 rings (SSSR count). The maximum absolute atomic E-state index is 5.34. The summed E-state index contributed by atoms with van der Waals surface area (Å²) in [5.41, 5.74) is 1.22. The second-order valence-electron chi connectivity index (χ2n) is 3.36. The monoisotopic (exact) mass is 304 g/mol. The van der Waals surface area contributed by atoms with E-state index in [1.54, 1.807) is 7.11 Å². The van der Waals surface area contributed by atoms with Gasteiger partial charge in [-0.05, 0) is 41.7 Å². The van der Waals surface area contributed by atoms with E-state index in [1.807, 2.05) is 12.2 Å². The standard InChI is InChI=1S/C10H13IN2O/c1-7-12(2)10(11)8-5-4-6-9(14-3)13(7)8/h4-7H,1-3H3/t7-/m1/s1. The molecule has 1 atom stereocenters. The Hall–Kier alpha value is -0.650. The van der Waals surface area contributed by atoms with E-state index in [-0.39, 0.29) is 0 Å². The second-order valence-corrected chi connectivity index (χ2v) is 4.38. The molecule has 0 radical (unpaired) electrons. The fraction of sp³-hybridized carbons (Fsp3) is 0.400. The molecule has 0 N–H and O–H groups in total. The quantitative estimate of drug-likeness (QED) is 0.546. The number of ether oxygens (including phenoxy) is 1. The van der Waals surface area contributed by atoms with Crippen LogP contribution in [0.2, 0.25) is 0 Å². The van der Waals surface area contributed by atoms with Gasteiger partial charge in [0.25, 0.3) is 0 Å². The van der Waals surface area contributed by atoms with Crippen molar-refractivity contribution in [3.8, 4) is 0 Å². The van der Waals surface area contributed by atoms with Crippen molar-refractivity contribution in [3.63, 3.8) is 0 Å². The number of nitrogens with zero attached hydrogens (tertiary/aromatic N) is 2. The third-order valence-electron chi connectivity index (χ3n) is 2.65. The second kappa shape index (κ2) is 3.49. The summed E-state index contributed by atoms with van der Waals surface area (Å²) < 4.78 is 6.60. The van der Waals surface area contributed by atoms with Crippen LogP contribution in [0.1, 0.15) is 6.92 Å². The Kier molecular flexibility index (Phi) is 2.47. The Bertz CT molecular complexity index is 346. The molecule has 0 bridgehead atoms. The van der Waals surface area contributed by atoms with Gasteiger partial charge >= 0.3 is 0 Å². The van der Waals surface area contributed by atoms with Crippen LogP contribution in [0.4, 0.5) is 0 Å². The molecule has 4 heteroatoms. The summed E-state index contributed by atoms with van der Waals surface area (Å²) in [4.78, 5) is 4.43. The van der Waals surface area contributed by atoms with Gasteiger partial charge in [-0.3, -0.25) is 4.90 Å². The summed E-state index contributed by atoms with van der Waals surface area (Å²) in [6, 6.07) is 0. The summed E-state index contributed by atoms with van der Waals surface area (Å²) in [5.74, 6) is 0.911. The molecular formula is C10H13IN2O. The summed E-state index contributed by atoms with van der Waals surface area (Å²) in [6.45, 7) is 2.16. The van der Waals surface area contributed by atoms with Crippen molar-refractivity contribution in [1.82, 2.24) is 9.80 Å². The number of halogens is 1. The lowest BCUT2D eigenvalue weighted by molar-refractivity contribution is 0.121. The molecule has 0 spiro atoms. The van der Waals surface area contributed by atoms with Crippen molar-refractivity contribution in [2.24, 2.45) is 0 Å². The third kappa shape index (κ3) is 1.24. The van der Waals surface area contributed by atoms with Crippen molar-refractivity contribution >= 4 is 22.6 Å². The zero-order chi connectivity index (χ0) is 10.3. The number of fused-ring (bicyclic) bond motifs is 1. The maximum atomic E-state index is 5.34. The highest BCUT2D eigenvalue weighted by atomic mass is 127. The largest absolute Gasteiger partial charge is 0.482 e. The summed E-state index contributed by atoms with van der Waals surface area (Å²) in [6.07, 6.45) is 6.45. The van der Waals surface area contributed by atoms with Gasteiger partial charge in [-0.15, -0.1) is 0 Å². The molecule has 3 nitrogen and oxygen atoms in total. The van der Waals surface area contributed by atoms with Gasteiger partial charge in [0, 0.05) is 7.05 Å².